The molecule has 3 nitrogen and oxygen atoms in total. The minimum atomic E-state index is 0.146. The Balaban J connectivity index is 2.08. The van der Waals surface area contributed by atoms with Gasteiger partial charge in [0.2, 0.25) is 5.91 Å². The predicted molar refractivity (Wildman–Crippen MR) is 39.7 cm³/mol. The summed E-state index contributed by atoms with van der Waals surface area (Å²) in [6, 6.07) is 0.493. The highest BCUT2D eigenvalue weighted by molar-refractivity contribution is 5.78. The Kier molecular flexibility index (Phi) is 2.27. The van der Waals surface area contributed by atoms with Crippen LogP contribution in [-0.4, -0.2) is 37.5 Å². The van der Waals surface area contributed by atoms with Gasteiger partial charge in [-0.2, -0.15) is 0 Å². The molecular formula is C7H14N2O. The number of rotatable bonds is 3. The van der Waals surface area contributed by atoms with E-state index < -0.39 is 0 Å². The van der Waals surface area contributed by atoms with Crippen molar-refractivity contribution in [2.75, 3.05) is 20.6 Å². The molecule has 0 aromatic rings. The van der Waals surface area contributed by atoms with E-state index in [-0.39, 0.29) is 5.91 Å². The Labute approximate surface area is 61.4 Å². The van der Waals surface area contributed by atoms with Crippen LogP contribution in [0.3, 0.4) is 0 Å². The van der Waals surface area contributed by atoms with Crippen molar-refractivity contribution in [3.8, 4) is 0 Å². The molecule has 58 valence electrons. The summed E-state index contributed by atoms with van der Waals surface area (Å²) >= 11 is 0. The van der Waals surface area contributed by atoms with Crippen molar-refractivity contribution in [3.05, 3.63) is 0 Å². The lowest BCUT2D eigenvalue weighted by atomic mass is 10.5. The number of hydrogen-bond acceptors (Lipinski definition) is 2. The van der Waals surface area contributed by atoms with Gasteiger partial charge in [0.1, 0.15) is 0 Å². The maximum atomic E-state index is 11.0. The Morgan fingerprint density at radius 3 is 2.60 bits per heavy atom. The van der Waals surface area contributed by atoms with Crippen molar-refractivity contribution >= 4 is 5.91 Å². The van der Waals surface area contributed by atoms with E-state index in [0.29, 0.717) is 12.6 Å². The van der Waals surface area contributed by atoms with Gasteiger partial charge in [-0.15, -0.1) is 0 Å². The first-order chi connectivity index (χ1) is 4.68. The highest BCUT2D eigenvalue weighted by Crippen LogP contribution is 2.18. The summed E-state index contributed by atoms with van der Waals surface area (Å²) < 4.78 is 0. The third kappa shape index (κ3) is 2.82. The van der Waals surface area contributed by atoms with Gasteiger partial charge in [0.15, 0.2) is 0 Å². The summed E-state index contributed by atoms with van der Waals surface area (Å²) in [6.45, 7) is 0.510. The standard InChI is InChI=1S/C7H14N2O/c1-9(2)5-7(10)8-6-3-4-6/h6H,3-5H2,1-2H3,(H,8,10). The molecule has 1 rings (SSSR count). The van der Waals surface area contributed by atoms with Crippen molar-refractivity contribution in [1.82, 2.24) is 10.2 Å². The fourth-order valence-corrected chi connectivity index (χ4v) is 0.788. The van der Waals surface area contributed by atoms with Gasteiger partial charge in [-0.1, -0.05) is 0 Å². The maximum Gasteiger partial charge on any atom is 0.234 e. The normalized spacial score (nSPS) is 17.5. The number of nitrogens with zero attached hydrogens (tertiary/aromatic N) is 1. The monoisotopic (exact) mass is 142 g/mol. The minimum absolute atomic E-state index is 0.146. The average molecular weight is 142 g/mol. The molecule has 0 aliphatic heterocycles. The molecule has 1 aliphatic carbocycles. The zero-order valence-corrected chi connectivity index (χ0v) is 6.55. The van der Waals surface area contributed by atoms with Gasteiger partial charge in [0.05, 0.1) is 6.54 Å². The largest absolute Gasteiger partial charge is 0.352 e. The molecule has 0 spiro atoms. The average Bonchev–Trinajstić information content (AvgIpc) is 2.46. The van der Waals surface area contributed by atoms with E-state index in [1.807, 2.05) is 19.0 Å². The van der Waals surface area contributed by atoms with Crippen LogP contribution >= 0.6 is 0 Å². The van der Waals surface area contributed by atoms with Crippen molar-refractivity contribution in [3.63, 3.8) is 0 Å². The van der Waals surface area contributed by atoms with Gasteiger partial charge in [-0.3, -0.25) is 4.79 Å². The highest BCUT2D eigenvalue weighted by atomic mass is 16.2. The van der Waals surface area contributed by atoms with Crippen LogP contribution in [0.15, 0.2) is 0 Å². The summed E-state index contributed by atoms with van der Waals surface area (Å²) in [5.74, 6) is 0.146. The second kappa shape index (κ2) is 3.01. The fourth-order valence-electron chi connectivity index (χ4n) is 0.788. The molecule has 0 atom stereocenters. The Bertz CT molecular complexity index is 124. The fraction of sp³-hybridized carbons (Fsp3) is 0.857. The third-order valence-corrected chi connectivity index (χ3v) is 1.40. The van der Waals surface area contributed by atoms with Crippen molar-refractivity contribution in [2.24, 2.45) is 0 Å². The van der Waals surface area contributed by atoms with Crippen LogP contribution in [0, 0.1) is 0 Å². The lowest BCUT2D eigenvalue weighted by Gasteiger charge is -2.08. The van der Waals surface area contributed by atoms with Crippen LogP contribution < -0.4 is 5.32 Å². The molecule has 1 amide bonds. The van der Waals surface area contributed by atoms with Crippen LogP contribution in [0.25, 0.3) is 0 Å². The topological polar surface area (TPSA) is 32.3 Å². The second-order valence-electron chi connectivity index (χ2n) is 3.08. The van der Waals surface area contributed by atoms with E-state index in [4.69, 9.17) is 0 Å². The van der Waals surface area contributed by atoms with E-state index >= 15 is 0 Å². The van der Waals surface area contributed by atoms with E-state index in [1.165, 1.54) is 12.8 Å². The molecule has 0 aromatic carbocycles. The smallest absolute Gasteiger partial charge is 0.234 e. The van der Waals surface area contributed by atoms with Crippen molar-refractivity contribution < 1.29 is 4.79 Å². The SMILES string of the molecule is CN(C)CC(=O)NC1CC1. The summed E-state index contributed by atoms with van der Waals surface area (Å²) in [5.41, 5.74) is 0. The molecular weight excluding hydrogens is 128 g/mol. The molecule has 3 heteroatoms. The first kappa shape index (κ1) is 7.54. The van der Waals surface area contributed by atoms with Crippen LogP contribution in [-0.2, 0) is 4.79 Å². The summed E-state index contributed by atoms with van der Waals surface area (Å²) in [7, 11) is 3.79. The Morgan fingerprint density at radius 1 is 1.60 bits per heavy atom. The molecule has 0 unspecified atom stereocenters. The number of likely N-dealkylation sites (N-methyl/N-ethyl adjacent to an activating group) is 1. The van der Waals surface area contributed by atoms with Crippen molar-refractivity contribution in [1.29, 1.82) is 0 Å². The number of carbonyl (C=O) groups excluding carboxylic acids is 1. The number of carbonyl (C=O) groups is 1. The molecule has 1 saturated carbocycles. The van der Waals surface area contributed by atoms with E-state index in [0.717, 1.165) is 0 Å². The molecule has 1 aliphatic rings. The second-order valence-corrected chi connectivity index (χ2v) is 3.08. The predicted octanol–water partition coefficient (Wildman–Crippen LogP) is -0.173. The van der Waals surface area contributed by atoms with Gasteiger partial charge in [-0.05, 0) is 26.9 Å². The lowest BCUT2D eigenvalue weighted by Crippen LogP contribution is -2.34. The number of hydrogen-bond donors (Lipinski definition) is 1. The Hall–Kier alpha value is -0.570. The minimum Gasteiger partial charge on any atom is -0.352 e. The molecule has 1 N–H and O–H groups in total. The Morgan fingerprint density at radius 2 is 2.20 bits per heavy atom. The van der Waals surface area contributed by atoms with Crippen LogP contribution in [0.5, 0.6) is 0 Å². The zero-order chi connectivity index (χ0) is 7.56. The van der Waals surface area contributed by atoms with Crippen LogP contribution in [0.2, 0.25) is 0 Å². The molecule has 0 aromatic heterocycles. The van der Waals surface area contributed by atoms with Gasteiger partial charge in [0, 0.05) is 6.04 Å². The molecule has 0 saturated heterocycles. The van der Waals surface area contributed by atoms with Gasteiger partial charge >= 0.3 is 0 Å². The molecule has 1 fully saturated rings. The molecule has 0 bridgehead atoms. The highest BCUT2D eigenvalue weighted by Gasteiger charge is 2.22. The van der Waals surface area contributed by atoms with Crippen LogP contribution in [0.4, 0.5) is 0 Å². The van der Waals surface area contributed by atoms with E-state index in [2.05, 4.69) is 5.32 Å². The van der Waals surface area contributed by atoms with Crippen molar-refractivity contribution in [2.45, 2.75) is 18.9 Å². The third-order valence-electron chi connectivity index (χ3n) is 1.40. The summed E-state index contributed by atoms with van der Waals surface area (Å²) in [5, 5.41) is 2.90. The van der Waals surface area contributed by atoms with E-state index in [9.17, 15) is 4.79 Å². The summed E-state index contributed by atoms with van der Waals surface area (Å²) in [6.07, 6.45) is 2.33. The van der Waals surface area contributed by atoms with Crippen LogP contribution in [0.1, 0.15) is 12.8 Å². The first-order valence-corrected chi connectivity index (χ1v) is 3.62. The van der Waals surface area contributed by atoms with Gasteiger partial charge < -0.3 is 10.2 Å². The lowest BCUT2D eigenvalue weighted by molar-refractivity contribution is -0.121. The first-order valence-electron chi connectivity index (χ1n) is 3.62. The number of amides is 1. The quantitative estimate of drug-likeness (QED) is 0.593. The van der Waals surface area contributed by atoms with Gasteiger partial charge in [0.25, 0.3) is 0 Å². The molecule has 0 heterocycles. The zero-order valence-electron chi connectivity index (χ0n) is 6.55. The number of nitrogens with one attached hydrogen (secondary N) is 1. The summed E-state index contributed by atoms with van der Waals surface area (Å²) in [4.78, 5) is 12.8. The molecule has 0 radical (unpaired) electrons. The maximum absolute atomic E-state index is 11.0. The van der Waals surface area contributed by atoms with E-state index in [1.54, 1.807) is 0 Å². The van der Waals surface area contributed by atoms with Gasteiger partial charge in [-0.25, -0.2) is 0 Å². The molecule has 10 heavy (non-hydrogen) atoms.